The number of pyridine rings is 1. The van der Waals surface area contributed by atoms with Gasteiger partial charge in [0.25, 0.3) is 0 Å². The van der Waals surface area contributed by atoms with Gasteiger partial charge in [0.15, 0.2) is 0 Å². The third-order valence-corrected chi connectivity index (χ3v) is 5.49. The zero-order valence-corrected chi connectivity index (χ0v) is 20.6. The van der Waals surface area contributed by atoms with E-state index in [1.54, 1.807) is 12.5 Å². The molecular formula is C22H25F6N5O6. The lowest BCUT2D eigenvalue weighted by molar-refractivity contribution is -0.193. The van der Waals surface area contributed by atoms with Crippen LogP contribution in [-0.4, -0.2) is 95.5 Å². The SMILES string of the molecule is CN(C)c1cc(N2CC3(C2)OCCC3COc2ccccn2)ncn1.O=C(O)C(F)(F)F.O=C(O)C(F)(F)F. The number of nitrogens with zero attached hydrogens (tertiary/aromatic N) is 5. The quantitative estimate of drug-likeness (QED) is 0.514. The number of rotatable bonds is 5. The topological polar surface area (TPSA) is 138 Å². The number of alkyl halides is 6. The Hall–Kier alpha value is -3.89. The van der Waals surface area contributed by atoms with Crippen molar-refractivity contribution in [2.45, 2.75) is 24.4 Å². The molecule has 2 aliphatic heterocycles. The van der Waals surface area contributed by atoms with Crippen LogP contribution in [0.1, 0.15) is 6.42 Å². The molecule has 0 aliphatic carbocycles. The van der Waals surface area contributed by atoms with Gasteiger partial charge >= 0.3 is 24.3 Å². The number of halogens is 6. The van der Waals surface area contributed by atoms with E-state index in [4.69, 9.17) is 29.3 Å². The Kier molecular flexibility index (Phi) is 10.3. The summed E-state index contributed by atoms with van der Waals surface area (Å²) < 4.78 is 75.5. The van der Waals surface area contributed by atoms with Crippen LogP contribution < -0.4 is 14.5 Å². The van der Waals surface area contributed by atoms with Crippen molar-refractivity contribution in [1.29, 1.82) is 0 Å². The molecule has 4 heterocycles. The van der Waals surface area contributed by atoms with E-state index < -0.39 is 24.3 Å². The van der Waals surface area contributed by atoms with Gasteiger partial charge in [0.05, 0.1) is 19.7 Å². The molecule has 1 unspecified atom stereocenters. The number of carboxylic acid groups (broad SMARTS) is 2. The average Bonchev–Trinajstić information content (AvgIpc) is 3.26. The highest BCUT2D eigenvalue weighted by Crippen LogP contribution is 2.41. The lowest BCUT2D eigenvalue weighted by Gasteiger charge is -2.50. The number of ether oxygens (including phenoxy) is 2. The van der Waals surface area contributed by atoms with Crippen LogP contribution in [0, 0.1) is 5.92 Å². The first-order chi connectivity index (χ1) is 18.0. The number of aliphatic carboxylic acids is 2. The fraction of sp³-hybridized carbons (Fsp3) is 0.500. The largest absolute Gasteiger partial charge is 0.490 e. The Morgan fingerprint density at radius 3 is 2.15 bits per heavy atom. The number of aromatic nitrogens is 3. The summed E-state index contributed by atoms with van der Waals surface area (Å²) in [5.74, 6) is -2.61. The fourth-order valence-electron chi connectivity index (χ4n) is 3.50. The van der Waals surface area contributed by atoms with E-state index in [0.717, 1.165) is 37.8 Å². The van der Waals surface area contributed by atoms with Crippen LogP contribution in [0.2, 0.25) is 0 Å². The van der Waals surface area contributed by atoms with Crippen molar-refractivity contribution in [2.24, 2.45) is 5.92 Å². The lowest BCUT2D eigenvalue weighted by atomic mass is 9.81. The maximum atomic E-state index is 10.6. The zero-order valence-electron chi connectivity index (χ0n) is 20.6. The summed E-state index contributed by atoms with van der Waals surface area (Å²) in [5.41, 5.74) is -0.127. The van der Waals surface area contributed by atoms with Crippen molar-refractivity contribution in [2.75, 3.05) is 50.2 Å². The first-order valence-corrected chi connectivity index (χ1v) is 11.1. The van der Waals surface area contributed by atoms with Crippen LogP contribution in [0.15, 0.2) is 36.8 Å². The molecule has 0 bridgehead atoms. The normalized spacial score (nSPS) is 17.6. The van der Waals surface area contributed by atoms with Crippen LogP contribution in [-0.2, 0) is 14.3 Å². The number of hydrogen-bond donors (Lipinski definition) is 2. The Bertz CT molecular complexity index is 1070. The van der Waals surface area contributed by atoms with E-state index in [9.17, 15) is 26.3 Å². The second-order valence-corrected chi connectivity index (χ2v) is 8.47. The number of anilines is 2. The van der Waals surface area contributed by atoms with Crippen molar-refractivity contribution in [3.05, 3.63) is 36.8 Å². The molecule has 2 aliphatic rings. The second-order valence-electron chi connectivity index (χ2n) is 8.47. The summed E-state index contributed by atoms with van der Waals surface area (Å²) in [6, 6.07) is 7.73. The van der Waals surface area contributed by atoms with Gasteiger partial charge in [-0.2, -0.15) is 26.3 Å². The van der Waals surface area contributed by atoms with Gasteiger partial charge in [-0.1, -0.05) is 6.07 Å². The molecule has 4 rings (SSSR count). The number of hydrogen-bond acceptors (Lipinski definition) is 9. The van der Waals surface area contributed by atoms with Gasteiger partial charge in [0.1, 0.15) is 23.6 Å². The van der Waals surface area contributed by atoms with Gasteiger partial charge in [-0.25, -0.2) is 24.5 Å². The highest BCUT2D eigenvalue weighted by atomic mass is 19.4. The molecule has 2 aromatic rings. The molecule has 216 valence electrons. The third kappa shape index (κ3) is 9.12. The molecule has 0 saturated carbocycles. The molecule has 1 spiro atoms. The summed E-state index contributed by atoms with van der Waals surface area (Å²) in [6.07, 6.45) is -5.78. The molecule has 17 heteroatoms. The molecular weight excluding hydrogens is 544 g/mol. The van der Waals surface area contributed by atoms with Crippen molar-refractivity contribution < 1.29 is 55.6 Å². The summed E-state index contributed by atoms with van der Waals surface area (Å²) in [7, 11) is 3.96. The van der Waals surface area contributed by atoms with E-state index in [1.165, 1.54) is 0 Å². The molecule has 0 aromatic carbocycles. The molecule has 39 heavy (non-hydrogen) atoms. The molecule has 1 atom stereocenters. The number of carboxylic acids is 2. The molecule has 2 aromatic heterocycles. The first-order valence-electron chi connectivity index (χ1n) is 11.1. The predicted octanol–water partition coefficient (Wildman–Crippen LogP) is 2.88. The first kappa shape index (κ1) is 31.3. The van der Waals surface area contributed by atoms with Gasteiger partial charge in [-0.3, -0.25) is 0 Å². The van der Waals surface area contributed by atoms with E-state index >= 15 is 0 Å². The van der Waals surface area contributed by atoms with Gasteiger partial charge in [0, 0.05) is 44.9 Å². The zero-order chi connectivity index (χ0) is 29.4. The predicted molar refractivity (Wildman–Crippen MR) is 122 cm³/mol. The minimum Gasteiger partial charge on any atom is -0.477 e. The molecule has 0 radical (unpaired) electrons. The number of carbonyl (C=O) groups is 2. The summed E-state index contributed by atoms with van der Waals surface area (Å²) >= 11 is 0. The standard InChI is InChI=1S/C18H23N5O2.2C2HF3O2/c1-22(2)15-9-16(21-13-20-15)23-11-18(12-23)14(6-8-25-18)10-24-17-5-3-4-7-19-17;2*3-2(4,5)1(6)7/h3-5,7,9,13-14H,6,8,10-12H2,1-2H3;2*(H,6,7). The lowest BCUT2D eigenvalue weighted by Crippen LogP contribution is -2.65. The van der Waals surface area contributed by atoms with Crippen LogP contribution >= 0.6 is 0 Å². The van der Waals surface area contributed by atoms with Crippen LogP contribution in [0.3, 0.4) is 0 Å². The summed E-state index contributed by atoms with van der Waals surface area (Å²) in [6.45, 7) is 3.11. The van der Waals surface area contributed by atoms with Crippen LogP contribution in [0.25, 0.3) is 0 Å². The van der Waals surface area contributed by atoms with Crippen molar-refractivity contribution in [3.8, 4) is 5.88 Å². The molecule has 2 fully saturated rings. The van der Waals surface area contributed by atoms with Gasteiger partial charge in [0.2, 0.25) is 5.88 Å². The molecule has 2 saturated heterocycles. The molecule has 11 nitrogen and oxygen atoms in total. The van der Waals surface area contributed by atoms with Crippen molar-refractivity contribution in [1.82, 2.24) is 15.0 Å². The minimum atomic E-state index is -5.08. The van der Waals surface area contributed by atoms with Gasteiger partial charge < -0.3 is 29.5 Å². The average molecular weight is 569 g/mol. The summed E-state index contributed by atoms with van der Waals surface area (Å²) in [5, 5.41) is 14.2. The highest BCUT2D eigenvalue weighted by Gasteiger charge is 2.53. The van der Waals surface area contributed by atoms with Crippen LogP contribution in [0.4, 0.5) is 38.0 Å². The van der Waals surface area contributed by atoms with E-state index in [2.05, 4.69) is 19.9 Å². The molecule has 2 N–H and O–H groups in total. The van der Waals surface area contributed by atoms with E-state index in [-0.39, 0.29) is 5.60 Å². The Morgan fingerprint density at radius 2 is 1.67 bits per heavy atom. The van der Waals surface area contributed by atoms with Gasteiger partial charge in [-0.05, 0) is 12.5 Å². The maximum absolute atomic E-state index is 10.6. The van der Waals surface area contributed by atoms with E-state index in [1.807, 2.05) is 43.3 Å². The van der Waals surface area contributed by atoms with Crippen molar-refractivity contribution in [3.63, 3.8) is 0 Å². The Balaban J connectivity index is 0.000000317. The van der Waals surface area contributed by atoms with Gasteiger partial charge in [-0.15, -0.1) is 0 Å². The monoisotopic (exact) mass is 569 g/mol. The van der Waals surface area contributed by atoms with Crippen LogP contribution in [0.5, 0.6) is 5.88 Å². The summed E-state index contributed by atoms with van der Waals surface area (Å²) in [4.78, 5) is 34.9. The van der Waals surface area contributed by atoms with E-state index in [0.29, 0.717) is 18.4 Å². The second kappa shape index (κ2) is 12.8. The molecule has 0 amide bonds. The fourth-order valence-corrected chi connectivity index (χ4v) is 3.50. The minimum absolute atomic E-state index is 0.127. The maximum Gasteiger partial charge on any atom is 0.490 e. The Labute approximate surface area is 218 Å². The third-order valence-electron chi connectivity index (χ3n) is 5.49. The Morgan fingerprint density at radius 1 is 1.08 bits per heavy atom. The smallest absolute Gasteiger partial charge is 0.477 e. The highest BCUT2D eigenvalue weighted by molar-refractivity contribution is 5.73. The van der Waals surface area contributed by atoms with Crippen molar-refractivity contribution >= 4 is 23.6 Å².